The summed E-state index contributed by atoms with van der Waals surface area (Å²) in [5, 5.41) is 11.0. The van der Waals surface area contributed by atoms with Crippen molar-refractivity contribution in [2.45, 2.75) is 70.2 Å². The highest BCUT2D eigenvalue weighted by molar-refractivity contribution is 5.72. The van der Waals surface area contributed by atoms with Gasteiger partial charge in [-0.1, -0.05) is 146 Å². The summed E-state index contributed by atoms with van der Waals surface area (Å²) in [5.74, 6) is 0.0491. The lowest BCUT2D eigenvalue weighted by molar-refractivity contribution is -0.384. The van der Waals surface area contributed by atoms with Crippen molar-refractivity contribution in [2.75, 3.05) is 6.61 Å². The summed E-state index contributed by atoms with van der Waals surface area (Å²) in [6, 6.07) is 52.8. The third-order valence-electron chi connectivity index (χ3n) is 9.91. The van der Waals surface area contributed by atoms with E-state index in [1.807, 2.05) is 133 Å². The van der Waals surface area contributed by atoms with Crippen LogP contribution in [0.25, 0.3) is 0 Å². The number of carbonyl (C=O) groups is 1. The van der Waals surface area contributed by atoms with Gasteiger partial charge in [0.2, 0.25) is 6.29 Å². The standard InChI is InChI=1S/C49H47NO10/c51-45(29-36-21-25-42(26-22-36)50(52)53)55-31-41-23-27-43(28-24-41)59-49-48(58-34-40-19-11-4-12-20-40)47(57-33-39-17-9-3-10-18-39)46(56-32-38-15-7-2-8-16-38)44(60-49)35-54-30-37-13-5-1-6-14-37/h1-28,44,46-49H,29-35H2/t44?,46-,47?,48-,49+/m0/s1. The maximum absolute atomic E-state index is 12.6. The van der Waals surface area contributed by atoms with Crippen molar-refractivity contribution < 1.29 is 42.9 Å². The van der Waals surface area contributed by atoms with Crippen LogP contribution in [-0.4, -0.2) is 48.2 Å². The molecule has 60 heavy (non-hydrogen) atoms. The molecule has 1 saturated heterocycles. The monoisotopic (exact) mass is 809 g/mol. The predicted molar refractivity (Wildman–Crippen MR) is 223 cm³/mol. The highest BCUT2D eigenvalue weighted by Gasteiger charge is 2.49. The molecule has 0 saturated carbocycles. The topological polar surface area (TPSA) is 125 Å². The number of esters is 1. The van der Waals surface area contributed by atoms with Crippen molar-refractivity contribution in [3.8, 4) is 5.75 Å². The second kappa shape index (κ2) is 21.7. The first kappa shape index (κ1) is 41.9. The van der Waals surface area contributed by atoms with Crippen LogP contribution in [0.4, 0.5) is 5.69 Å². The minimum atomic E-state index is -0.943. The van der Waals surface area contributed by atoms with Crippen molar-refractivity contribution in [2.24, 2.45) is 0 Å². The zero-order valence-corrected chi connectivity index (χ0v) is 33.0. The Hall–Kier alpha value is -6.21. The van der Waals surface area contributed by atoms with Gasteiger partial charge in [-0.25, -0.2) is 0 Å². The summed E-state index contributed by atoms with van der Waals surface area (Å²) < 4.78 is 45.6. The van der Waals surface area contributed by atoms with E-state index in [4.69, 9.17) is 33.2 Å². The molecule has 5 atom stereocenters. The molecule has 11 heteroatoms. The van der Waals surface area contributed by atoms with Crippen LogP contribution in [0.1, 0.15) is 33.4 Å². The molecule has 0 aliphatic carbocycles. The molecule has 0 amide bonds. The first-order valence-electron chi connectivity index (χ1n) is 19.8. The van der Waals surface area contributed by atoms with Crippen LogP contribution in [0.3, 0.4) is 0 Å². The molecule has 0 bridgehead atoms. The molecule has 6 aromatic carbocycles. The van der Waals surface area contributed by atoms with Crippen LogP contribution >= 0.6 is 0 Å². The Labute approximate surface area is 349 Å². The SMILES string of the molecule is O=C(Cc1ccc([N+](=O)[O-])cc1)OCc1ccc(O[C@@H]2OC(COCc3ccccc3)[C@H](OCc3ccccc3)C(OCc3ccccc3)[C@@H]2OCc2ccccc2)cc1. The molecular weight excluding hydrogens is 763 g/mol. The molecule has 6 aromatic rings. The number of benzene rings is 6. The number of ether oxygens (including phenoxy) is 7. The van der Waals surface area contributed by atoms with Gasteiger partial charge in [0.25, 0.3) is 5.69 Å². The fraction of sp³-hybridized carbons (Fsp3) is 0.245. The molecule has 0 spiro atoms. The zero-order chi connectivity index (χ0) is 41.4. The fourth-order valence-corrected chi connectivity index (χ4v) is 6.76. The van der Waals surface area contributed by atoms with Gasteiger partial charge in [0.15, 0.2) is 0 Å². The van der Waals surface area contributed by atoms with Crippen molar-refractivity contribution in [3.05, 3.63) is 213 Å². The molecule has 0 aromatic heterocycles. The van der Waals surface area contributed by atoms with Crippen molar-refractivity contribution in [3.63, 3.8) is 0 Å². The molecule has 1 aliphatic heterocycles. The van der Waals surface area contributed by atoms with Gasteiger partial charge in [-0.2, -0.15) is 0 Å². The highest BCUT2D eigenvalue weighted by Crippen LogP contribution is 2.33. The van der Waals surface area contributed by atoms with Gasteiger partial charge in [0.05, 0.1) is 44.4 Å². The summed E-state index contributed by atoms with van der Waals surface area (Å²) in [5.41, 5.74) is 5.31. The van der Waals surface area contributed by atoms with Gasteiger partial charge < -0.3 is 33.2 Å². The maximum Gasteiger partial charge on any atom is 0.310 e. The van der Waals surface area contributed by atoms with E-state index < -0.39 is 41.6 Å². The minimum absolute atomic E-state index is 0.0115. The van der Waals surface area contributed by atoms with Crippen LogP contribution in [0, 0.1) is 10.1 Å². The molecular formula is C49H47NO10. The van der Waals surface area contributed by atoms with Crippen molar-refractivity contribution in [1.82, 2.24) is 0 Å². The second-order valence-corrected chi connectivity index (χ2v) is 14.4. The summed E-state index contributed by atoms with van der Waals surface area (Å²) in [4.78, 5) is 23.1. The summed E-state index contributed by atoms with van der Waals surface area (Å²) in [7, 11) is 0. The third kappa shape index (κ3) is 12.4. The Morgan fingerprint density at radius 1 is 0.517 bits per heavy atom. The van der Waals surface area contributed by atoms with E-state index in [1.165, 1.54) is 12.1 Å². The zero-order valence-electron chi connectivity index (χ0n) is 33.0. The first-order chi connectivity index (χ1) is 29.5. The van der Waals surface area contributed by atoms with Gasteiger partial charge >= 0.3 is 5.97 Å². The number of carbonyl (C=O) groups excluding carboxylic acids is 1. The number of nitro groups is 1. The van der Waals surface area contributed by atoms with Crippen LogP contribution in [0.15, 0.2) is 170 Å². The van der Waals surface area contributed by atoms with Crippen LogP contribution in [0.2, 0.25) is 0 Å². The first-order valence-corrected chi connectivity index (χ1v) is 19.8. The average molecular weight is 810 g/mol. The number of hydrogen-bond acceptors (Lipinski definition) is 10. The lowest BCUT2D eigenvalue weighted by Gasteiger charge is -2.45. The van der Waals surface area contributed by atoms with Crippen LogP contribution in [-0.2, 0) is 72.7 Å². The molecule has 308 valence electrons. The predicted octanol–water partition coefficient (Wildman–Crippen LogP) is 8.96. The Morgan fingerprint density at radius 3 is 1.48 bits per heavy atom. The van der Waals surface area contributed by atoms with E-state index in [0.29, 0.717) is 31.1 Å². The smallest absolute Gasteiger partial charge is 0.310 e. The lowest BCUT2D eigenvalue weighted by Crippen LogP contribution is -2.62. The Morgan fingerprint density at radius 2 is 0.967 bits per heavy atom. The highest BCUT2D eigenvalue weighted by atomic mass is 16.7. The van der Waals surface area contributed by atoms with E-state index in [1.54, 1.807) is 24.3 Å². The Balaban J connectivity index is 1.11. The minimum Gasteiger partial charge on any atom is -0.462 e. The van der Waals surface area contributed by atoms with Crippen molar-refractivity contribution >= 4 is 11.7 Å². The summed E-state index contributed by atoms with van der Waals surface area (Å²) in [6.45, 7) is 1.47. The van der Waals surface area contributed by atoms with E-state index in [-0.39, 0.29) is 31.9 Å². The van der Waals surface area contributed by atoms with Gasteiger partial charge in [-0.3, -0.25) is 14.9 Å². The maximum atomic E-state index is 12.6. The number of nitro benzene ring substituents is 1. The average Bonchev–Trinajstić information content (AvgIpc) is 3.29. The van der Waals surface area contributed by atoms with Gasteiger partial charge in [0.1, 0.15) is 36.8 Å². The Kier molecular flexibility index (Phi) is 15.2. The van der Waals surface area contributed by atoms with Gasteiger partial charge in [0, 0.05) is 12.1 Å². The second-order valence-electron chi connectivity index (χ2n) is 14.4. The number of non-ortho nitro benzene ring substituents is 1. The molecule has 2 unspecified atom stereocenters. The molecule has 11 nitrogen and oxygen atoms in total. The van der Waals surface area contributed by atoms with E-state index in [2.05, 4.69) is 0 Å². The lowest BCUT2D eigenvalue weighted by atomic mass is 9.97. The van der Waals surface area contributed by atoms with E-state index in [0.717, 1.165) is 27.8 Å². The molecule has 1 fully saturated rings. The molecule has 0 radical (unpaired) electrons. The quantitative estimate of drug-likeness (QED) is 0.0419. The van der Waals surface area contributed by atoms with Gasteiger partial charge in [-0.15, -0.1) is 0 Å². The normalized spacial score (nSPS) is 18.7. The fourth-order valence-electron chi connectivity index (χ4n) is 6.76. The van der Waals surface area contributed by atoms with E-state index in [9.17, 15) is 14.9 Å². The molecule has 0 N–H and O–H groups in total. The van der Waals surface area contributed by atoms with E-state index >= 15 is 0 Å². The van der Waals surface area contributed by atoms with Crippen LogP contribution in [0.5, 0.6) is 5.75 Å². The summed E-state index contributed by atoms with van der Waals surface area (Å²) >= 11 is 0. The molecule has 1 heterocycles. The molecule has 1 aliphatic rings. The van der Waals surface area contributed by atoms with Crippen molar-refractivity contribution in [1.29, 1.82) is 0 Å². The summed E-state index contributed by atoms with van der Waals surface area (Å²) in [6.07, 6.45) is -3.59. The number of hydrogen-bond donors (Lipinski definition) is 0. The van der Waals surface area contributed by atoms with Crippen LogP contribution < -0.4 is 4.74 Å². The number of rotatable bonds is 20. The van der Waals surface area contributed by atoms with Gasteiger partial charge in [-0.05, 0) is 45.5 Å². The Bertz CT molecular complexity index is 2190. The largest absolute Gasteiger partial charge is 0.462 e. The number of nitrogens with zero attached hydrogens (tertiary/aromatic N) is 1. The molecule has 7 rings (SSSR count). The third-order valence-corrected chi connectivity index (χ3v) is 9.91.